The molecule has 0 saturated carbocycles. The van der Waals surface area contributed by atoms with Gasteiger partial charge in [0.25, 0.3) is 5.91 Å². The van der Waals surface area contributed by atoms with Crippen LogP contribution in [-0.2, 0) is 4.79 Å². The van der Waals surface area contributed by atoms with Crippen LogP contribution >= 0.6 is 0 Å². The minimum absolute atomic E-state index is 0.00364. The van der Waals surface area contributed by atoms with E-state index in [-0.39, 0.29) is 23.9 Å². The molecule has 3 aromatic rings. The quantitative estimate of drug-likeness (QED) is 0.539. The Morgan fingerprint density at radius 2 is 1.38 bits per heavy atom. The number of anilines is 1. The molecule has 0 bridgehead atoms. The Hall–Kier alpha value is -3.44. The third kappa shape index (κ3) is 5.83. The Bertz CT molecular complexity index is 1040. The lowest BCUT2D eigenvalue weighted by molar-refractivity contribution is -0.133. The second-order valence-corrected chi connectivity index (χ2v) is 8.13. The van der Waals surface area contributed by atoms with Gasteiger partial charge < -0.3 is 10.2 Å². The van der Waals surface area contributed by atoms with Crippen molar-refractivity contribution in [3.63, 3.8) is 0 Å². The zero-order chi connectivity index (χ0) is 23.1. The van der Waals surface area contributed by atoms with Gasteiger partial charge in [0.1, 0.15) is 0 Å². The lowest BCUT2D eigenvalue weighted by Gasteiger charge is -2.30. The first-order valence-corrected chi connectivity index (χ1v) is 10.8. The fourth-order valence-electron chi connectivity index (χ4n) is 3.56. The SMILES string of the molecule is CC(c1cccc(NC(=O)c2ccccc2)c1)N(C)CC(=O)N(C)C(C)c1ccccc1. The Labute approximate surface area is 190 Å². The van der Waals surface area contributed by atoms with Gasteiger partial charge >= 0.3 is 0 Å². The molecular weight excluding hydrogens is 398 g/mol. The van der Waals surface area contributed by atoms with Crippen LogP contribution in [0.3, 0.4) is 0 Å². The molecule has 166 valence electrons. The van der Waals surface area contributed by atoms with Crippen LogP contribution in [0.5, 0.6) is 0 Å². The molecule has 1 N–H and O–H groups in total. The molecule has 2 unspecified atom stereocenters. The molecule has 2 atom stereocenters. The van der Waals surface area contributed by atoms with E-state index in [0.717, 1.165) is 16.8 Å². The zero-order valence-electron chi connectivity index (χ0n) is 19.2. The molecule has 0 aliphatic heterocycles. The number of amides is 2. The van der Waals surface area contributed by atoms with Crippen molar-refractivity contribution < 1.29 is 9.59 Å². The largest absolute Gasteiger partial charge is 0.338 e. The molecule has 0 saturated heterocycles. The van der Waals surface area contributed by atoms with Crippen LogP contribution in [-0.4, -0.2) is 42.3 Å². The van der Waals surface area contributed by atoms with E-state index in [9.17, 15) is 9.59 Å². The van der Waals surface area contributed by atoms with Gasteiger partial charge in [-0.1, -0.05) is 60.7 Å². The van der Waals surface area contributed by atoms with Crippen molar-refractivity contribution in [2.75, 3.05) is 26.0 Å². The zero-order valence-corrected chi connectivity index (χ0v) is 19.2. The van der Waals surface area contributed by atoms with Crippen LogP contribution in [0.25, 0.3) is 0 Å². The summed E-state index contributed by atoms with van der Waals surface area (Å²) in [4.78, 5) is 29.2. The number of carbonyl (C=O) groups is 2. The fourth-order valence-corrected chi connectivity index (χ4v) is 3.56. The Balaban J connectivity index is 1.62. The van der Waals surface area contributed by atoms with Gasteiger partial charge in [-0.25, -0.2) is 0 Å². The number of carbonyl (C=O) groups excluding carboxylic acids is 2. The van der Waals surface area contributed by atoms with E-state index in [4.69, 9.17) is 0 Å². The first kappa shape index (κ1) is 23.2. The highest BCUT2D eigenvalue weighted by molar-refractivity contribution is 6.04. The lowest BCUT2D eigenvalue weighted by Crippen LogP contribution is -2.38. The Morgan fingerprint density at radius 1 is 0.781 bits per heavy atom. The predicted octanol–water partition coefficient (Wildman–Crippen LogP) is 5.15. The first-order valence-electron chi connectivity index (χ1n) is 10.8. The van der Waals surface area contributed by atoms with Crippen molar-refractivity contribution in [1.29, 1.82) is 0 Å². The number of benzene rings is 3. The molecule has 0 heterocycles. The van der Waals surface area contributed by atoms with Crippen molar-refractivity contribution in [3.8, 4) is 0 Å². The molecule has 32 heavy (non-hydrogen) atoms. The standard InChI is InChI=1S/C27H31N3O2/c1-20(29(3)19-26(31)30(4)21(2)22-12-7-5-8-13-22)24-16-11-17-25(18-24)28-27(32)23-14-9-6-10-15-23/h5-18,20-21H,19H2,1-4H3,(H,28,32). The molecule has 0 aliphatic carbocycles. The smallest absolute Gasteiger partial charge is 0.255 e. The maximum atomic E-state index is 12.9. The van der Waals surface area contributed by atoms with E-state index < -0.39 is 0 Å². The maximum absolute atomic E-state index is 12.9. The van der Waals surface area contributed by atoms with E-state index in [2.05, 4.69) is 12.2 Å². The summed E-state index contributed by atoms with van der Waals surface area (Å²) in [5.41, 5.74) is 3.49. The summed E-state index contributed by atoms with van der Waals surface area (Å²) in [5.74, 6) is -0.0836. The van der Waals surface area contributed by atoms with Crippen LogP contribution in [0, 0.1) is 0 Å². The van der Waals surface area contributed by atoms with Gasteiger partial charge in [-0.05, 0) is 56.3 Å². The van der Waals surface area contributed by atoms with Gasteiger partial charge in [-0.3, -0.25) is 14.5 Å². The summed E-state index contributed by atoms with van der Waals surface area (Å²) in [6.07, 6.45) is 0. The molecule has 0 radical (unpaired) electrons. The number of hydrogen-bond acceptors (Lipinski definition) is 3. The monoisotopic (exact) mass is 429 g/mol. The van der Waals surface area contributed by atoms with Gasteiger partial charge in [0.05, 0.1) is 12.6 Å². The normalized spacial score (nSPS) is 12.8. The van der Waals surface area contributed by atoms with E-state index >= 15 is 0 Å². The van der Waals surface area contributed by atoms with Crippen molar-refractivity contribution in [1.82, 2.24) is 9.80 Å². The van der Waals surface area contributed by atoms with Crippen molar-refractivity contribution >= 4 is 17.5 Å². The van der Waals surface area contributed by atoms with Gasteiger partial charge in [-0.15, -0.1) is 0 Å². The highest BCUT2D eigenvalue weighted by Crippen LogP contribution is 2.23. The van der Waals surface area contributed by atoms with Crippen LogP contribution in [0.1, 0.15) is 47.4 Å². The first-order chi connectivity index (χ1) is 15.4. The fraction of sp³-hybridized carbons (Fsp3) is 0.259. The third-order valence-electron chi connectivity index (χ3n) is 5.97. The third-order valence-corrected chi connectivity index (χ3v) is 5.97. The molecule has 0 aromatic heterocycles. The van der Waals surface area contributed by atoms with Gasteiger partial charge in [0.2, 0.25) is 5.91 Å². The molecule has 0 aliphatic rings. The van der Waals surface area contributed by atoms with Gasteiger partial charge in [-0.2, -0.15) is 0 Å². The molecule has 0 fully saturated rings. The molecule has 3 rings (SSSR count). The van der Waals surface area contributed by atoms with Crippen LogP contribution in [0.15, 0.2) is 84.9 Å². The van der Waals surface area contributed by atoms with Crippen LogP contribution < -0.4 is 5.32 Å². The lowest BCUT2D eigenvalue weighted by atomic mass is 10.1. The van der Waals surface area contributed by atoms with E-state index in [1.165, 1.54) is 0 Å². The summed E-state index contributed by atoms with van der Waals surface area (Å²) in [5, 5.41) is 2.95. The Kier molecular flexibility index (Phi) is 7.79. The summed E-state index contributed by atoms with van der Waals surface area (Å²) < 4.78 is 0. The van der Waals surface area contributed by atoms with E-state index in [1.807, 2.05) is 98.7 Å². The molecule has 5 nitrogen and oxygen atoms in total. The summed E-state index contributed by atoms with van der Waals surface area (Å²) in [6.45, 7) is 4.40. The minimum Gasteiger partial charge on any atom is -0.338 e. The second kappa shape index (κ2) is 10.7. The van der Waals surface area contributed by atoms with Crippen LogP contribution in [0.2, 0.25) is 0 Å². The summed E-state index contributed by atoms with van der Waals surface area (Å²) in [7, 11) is 3.79. The highest BCUT2D eigenvalue weighted by atomic mass is 16.2. The molecule has 5 heteroatoms. The molecule has 3 aromatic carbocycles. The second-order valence-electron chi connectivity index (χ2n) is 8.13. The Morgan fingerprint density at radius 3 is 2.03 bits per heavy atom. The highest BCUT2D eigenvalue weighted by Gasteiger charge is 2.21. The number of nitrogens with one attached hydrogen (secondary N) is 1. The van der Waals surface area contributed by atoms with Crippen molar-refractivity contribution in [2.24, 2.45) is 0 Å². The number of hydrogen-bond donors (Lipinski definition) is 1. The summed E-state index contributed by atoms with van der Waals surface area (Å²) >= 11 is 0. The maximum Gasteiger partial charge on any atom is 0.255 e. The van der Waals surface area contributed by atoms with E-state index in [0.29, 0.717) is 12.1 Å². The average Bonchev–Trinajstić information content (AvgIpc) is 2.83. The van der Waals surface area contributed by atoms with Gasteiger partial charge in [0.15, 0.2) is 0 Å². The number of rotatable bonds is 8. The van der Waals surface area contributed by atoms with Gasteiger partial charge in [0, 0.05) is 24.3 Å². The van der Waals surface area contributed by atoms with E-state index in [1.54, 1.807) is 17.0 Å². The summed E-state index contributed by atoms with van der Waals surface area (Å²) in [6, 6.07) is 26.9. The van der Waals surface area contributed by atoms with Crippen LogP contribution in [0.4, 0.5) is 5.69 Å². The predicted molar refractivity (Wildman–Crippen MR) is 130 cm³/mol. The molecule has 2 amide bonds. The topological polar surface area (TPSA) is 52.7 Å². The average molecular weight is 430 g/mol. The number of likely N-dealkylation sites (N-methyl/N-ethyl adjacent to an activating group) is 2. The minimum atomic E-state index is -0.143. The molecule has 0 spiro atoms. The van der Waals surface area contributed by atoms with Crippen molar-refractivity contribution in [3.05, 3.63) is 102 Å². The van der Waals surface area contributed by atoms with Crippen molar-refractivity contribution in [2.45, 2.75) is 25.9 Å². The number of nitrogens with zero attached hydrogens (tertiary/aromatic N) is 2. The molecular formula is C27H31N3O2.